The Labute approximate surface area is 172 Å². The lowest BCUT2D eigenvalue weighted by atomic mass is 10.2. The summed E-state index contributed by atoms with van der Waals surface area (Å²) in [6.45, 7) is 1.97. The minimum atomic E-state index is -0.535. The van der Waals surface area contributed by atoms with Gasteiger partial charge in [-0.1, -0.05) is 29.5 Å². The number of rotatable bonds is 6. The van der Waals surface area contributed by atoms with Crippen molar-refractivity contribution < 1.29 is 14.3 Å². The highest BCUT2D eigenvalue weighted by molar-refractivity contribution is 7.22. The van der Waals surface area contributed by atoms with Crippen molar-refractivity contribution in [1.82, 2.24) is 9.55 Å². The van der Waals surface area contributed by atoms with E-state index < -0.39 is 5.97 Å². The van der Waals surface area contributed by atoms with Crippen molar-refractivity contribution in [1.29, 1.82) is 0 Å². The quantitative estimate of drug-likeness (QED) is 0.449. The molecule has 146 valence electrons. The van der Waals surface area contributed by atoms with Crippen LogP contribution in [0.15, 0.2) is 73.1 Å². The highest BCUT2D eigenvalue weighted by Gasteiger charge is 2.20. The second kappa shape index (κ2) is 8.28. The van der Waals surface area contributed by atoms with E-state index in [9.17, 15) is 9.59 Å². The molecule has 0 bridgehead atoms. The molecule has 0 atom stereocenters. The number of hydrogen-bond acceptors (Lipinski definition) is 5. The van der Waals surface area contributed by atoms with E-state index in [1.54, 1.807) is 18.2 Å². The molecular weight excluding hydrogens is 386 g/mol. The van der Waals surface area contributed by atoms with E-state index in [1.807, 2.05) is 66.3 Å². The summed E-state index contributed by atoms with van der Waals surface area (Å²) in [4.78, 5) is 31.1. The predicted octanol–water partition coefficient (Wildman–Crippen LogP) is 4.30. The first kappa shape index (κ1) is 18.9. The van der Waals surface area contributed by atoms with Crippen molar-refractivity contribution in [2.24, 2.45) is 0 Å². The van der Waals surface area contributed by atoms with Gasteiger partial charge in [0, 0.05) is 24.6 Å². The molecule has 0 radical (unpaired) electrons. The van der Waals surface area contributed by atoms with Gasteiger partial charge >= 0.3 is 5.97 Å². The molecule has 2 heterocycles. The van der Waals surface area contributed by atoms with Crippen LogP contribution in [-0.2, 0) is 9.53 Å². The van der Waals surface area contributed by atoms with Crippen LogP contribution in [0.25, 0.3) is 15.9 Å². The molecule has 6 nitrogen and oxygen atoms in total. The van der Waals surface area contributed by atoms with Gasteiger partial charge in [0.1, 0.15) is 0 Å². The summed E-state index contributed by atoms with van der Waals surface area (Å²) in [6, 6.07) is 18.6. The van der Waals surface area contributed by atoms with Crippen molar-refractivity contribution in [3.8, 4) is 5.69 Å². The molecule has 0 saturated heterocycles. The van der Waals surface area contributed by atoms with Gasteiger partial charge in [0.05, 0.1) is 15.8 Å². The molecule has 0 unspecified atom stereocenters. The van der Waals surface area contributed by atoms with Gasteiger partial charge in [-0.25, -0.2) is 9.78 Å². The Kier molecular flexibility index (Phi) is 5.39. The van der Waals surface area contributed by atoms with Crippen molar-refractivity contribution in [2.45, 2.75) is 6.92 Å². The van der Waals surface area contributed by atoms with Crippen molar-refractivity contribution in [2.75, 3.05) is 18.1 Å². The Hall–Kier alpha value is -3.45. The highest BCUT2D eigenvalue weighted by atomic mass is 32.1. The minimum absolute atomic E-state index is 0.304. The number of benzene rings is 2. The molecule has 2 aromatic carbocycles. The number of carbonyl (C=O) groups is 2. The lowest BCUT2D eigenvalue weighted by Gasteiger charge is -2.17. The molecule has 0 N–H and O–H groups in total. The summed E-state index contributed by atoms with van der Waals surface area (Å²) < 4.78 is 8.18. The third-order valence-electron chi connectivity index (χ3n) is 4.44. The van der Waals surface area contributed by atoms with Crippen LogP contribution in [0.5, 0.6) is 0 Å². The predicted molar refractivity (Wildman–Crippen MR) is 114 cm³/mol. The van der Waals surface area contributed by atoms with Crippen molar-refractivity contribution >= 4 is 38.6 Å². The fourth-order valence-electron chi connectivity index (χ4n) is 2.98. The third-order valence-corrected chi connectivity index (χ3v) is 5.50. The van der Waals surface area contributed by atoms with Crippen LogP contribution in [0.2, 0.25) is 0 Å². The number of thiazole rings is 1. The van der Waals surface area contributed by atoms with Crippen molar-refractivity contribution in [3.05, 3.63) is 78.6 Å². The first-order chi connectivity index (χ1) is 14.2. The molecular formula is C22H19N3O3S. The Morgan fingerprint density at radius 1 is 1.07 bits per heavy atom. The number of ether oxygens (including phenoxy) is 1. The first-order valence-corrected chi connectivity index (χ1v) is 10.0. The lowest BCUT2D eigenvalue weighted by Crippen LogP contribution is -2.34. The molecule has 7 heteroatoms. The molecule has 0 aliphatic carbocycles. The summed E-state index contributed by atoms with van der Waals surface area (Å²) in [7, 11) is 0. The van der Waals surface area contributed by atoms with Gasteiger partial charge in [0.2, 0.25) is 0 Å². The molecule has 4 rings (SSSR count). The zero-order chi connectivity index (χ0) is 20.2. The fourth-order valence-corrected chi connectivity index (χ4v) is 4.03. The normalized spacial score (nSPS) is 10.8. The number of fused-ring (bicyclic) bond motifs is 1. The fraction of sp³-hybridized carbons (Fsp3) is 0.136. The number of para-hydroxylation sites is 1. The molecule has 1 amide bonds. The van der Waals surface area contributed by atoms with Gasteiger partial charge < -0.3 is 9.30 Å². The molecule has 0 aliphatic heterocycles. The van der Waals surface area contributed by atoms with Gasteiger partial charge in [0.15, 0.2) is 11.7 Å². The van der Waals surface area contributed by atoms with Gasteiger partial charge in [-0.05, 0) is 49.4 Å². The first-order valence-electron chi connectivity index (χ1n) is 9.22. The van der Waals surface area contributed by atoms with Crippen LogP contribution in [0.3, 0.4) is 0 Å². The number of aromatic nitrogens is 2. The van der Waals surface area contributed by atoms with E-state index in [0.717, 1.165) is 15.9 Å². The third kappa shape index (κ3) is 4.05. The van der Waals surface area contributed by atoms with E-state index in [0.29, 0.717) is 17.2 Å². The van der Waals surface area contributed by atoms with Gasteiger partial charge in [0.25, 0.3) is 5.91 Å². The monoisotopic (exact) mass is 405 g/mol. The number of nitrogens with zero attached hydrogens (tertiary/aromatic N) is 3. The van der Waals surface area contributed by atoms with E-state index in [-0.39, 0.29) is 12.5 Å². The number of carbonyl (C=O) groups excluding carboxylic acids is 2. The topological polar surface area (TPSA) is 64.4 Å². The summed E-state index contributed by atoms with van der Waals surface area (Å²) >= 11 is 1.44. The largest absolute Gasteiger partial charge is 0.452 e. The summed E-state index contributed by atoms with van der Waals surface area (Å²) in [5.74, 6) is -0.839. The Bertz CT molecular complexity index is 1120. The standard InChI is InChI=1S/C22H19N3O3S/c1-2-25(22-23-18-10-3-4-11-19(18)29-22)20(26)15-28-21(27)16-8-7-9-17(14-16)24-12-5-6-13-24/h3-14H,2,15H2,1H3. The Morgan fingerprint density at radius 3 is 2.62 bits per heavy atom. The number of anilines is 1. The lowest BCUT2D eigenvalue weighted by molar-refractivity contribution is -0.121. The maximum Gasteiger partial charge on any atom is 0.338 e. The molecule has 4 aromatic rings. The maximum absolute atomic E-state index is 12.7. The molecule has 0 aliphatic rings. The van der Waals surface area contributed by atoms with Crippen LogP contribution >= 0.6 is 11.3 Å². The van der Waals surface area contributed by atoms with E-state index >= 15 is 0 Å². The van der Waals surface area contributed by atoms with Crippen molar-refractivity contribution in [3.63, 3.8) is 0 Å². The second-order valence-electron chi connectivity index (χ2n) is 6.32. The van der Waals surface area contributed by atoms with Gasteiger partial charge in [-0.2, -0.15) is 0 Å². The van der Waals surface area contributed by atoms with Gasteiger partial charge in [-0.15, -0.1) is 0 Å². The second-order valence-corrected chi connectivity index (χ2v) is 7.33. The van der Waals surface area contributed by atoms with E-state index in [4.69, 9.17) is 4.74 Å². The molecule has 2 aromatic heterocycles. The van der Waals surface area contributed by atoms with Crippen LogP contribution in [0, 0.1) is 0 Å². The van der Waals surface area contributed by atoms with Crippen LogP contribution < -0.4 is 4.90 Å². The van der Waals surface area contributed by atoms with E-state index in [2.05, 4.69) is 4.98 Å². The van der Waals surface area contributed by atoms with Gasteiger partial charge in [-0.3, -0.25) is 9.69 Å². The Morgan fingerprint density at radius 2 is 1.86 bits per heavy atom. The number of hydrogen-bond donors (Lipinski definition) is 0. The molecule has 29 heavy (non-hydrogen) atoms. The summed E-state index contributed by atoms with van der Waals surface area (Å²) in [5, 5.41) is 0.601. The smallest absolute Gasteiger partial charge is 0.338 e. The average Bonchev–Trinajstić information content (AvgIpc) is 3.42. The Balaban J connectivity index is 1.44. The molecule has 0 saturated carbocycles. The number of likely N-dealkylation sites (N-methyl/N-ethyl adjacent to an activating group) is 1. The minimum Gasteiger partial charge on any atom is -0.452 e. The number of esters is 1. The summed E-state index contributed by atoms with van der Waals surface area (Å²) in [5.41, 5.74) is 2.09. The summed E-state index contributed by atoms with van der Waals surface area (Å²) in [6.07, 6.45) is 3.79. The van der Waals surface area contributed by atoms with Crippen LogP contribution in [-0.4, -0.2) is 34.6 Å². The average molecular weight is 405 g/mol. The van der Waals surface area contributed by atoms with Crippen LogP contribution in [0.1, 0.15) is 17.3 Å². The number of amides is 1. The SMILES string of the molecule is CCN(C(=O)COC(=O)c1cccc(-n2cccc2)c1)c1nc2ccccc2s1. The molecule has 0 fully saturated rings. The zero-order valence-corrected chi connectivity index (χ0v) is 16.6. The van der Waals surface area contributed by atoms with E-state index in [1.165, 1.54) is 16.2 Å². The van der Waals surface area contributed by atoms with Crippen LogP contribution in [0.4, 0.5) is 5.13 Å². The molecule has 0 spiro atoms. The highest BCUT2D eigenvalue weighted by Crippen LogP contribution is 2.28. The zero-order valence-electron chi connectivity index (χ0n) is 15.8. The maximum atomic E-state index is 12.7.